The van der Waals surface area contributed by atoms with Crippen LogP contribution in [0.3, 0.4) is 0 Å². The fourth-order valence-electron chi connectivity index (χ4n) is 1.85. The predicted molar refractivity (Wildman–Crippen MR) is 71.9 cm³/mol. The first-order valence-electron chi connectivity index (χ1n) is 6.02. The van der Waals surface area contributed by atoms with Crippen molar-refractivity contribution < 1.29 is 12.8 Å². The van der Waals surface area contributed by atoms with Crippen LogP contribution < -0.4 is 10.5 Å². The van der Waals surface area contributed by atoms with Crippen LogP contribution >= 0.6 is 11.8 Å². The number of hydrogen-bond donors (Lipinski definition) is 2. The molecule has 0 saturated carbocycles. The van der Waals surface area contributed by atoms with Gasteiger partial charge in [-0.3, -0.25) is 0 Å². The number of sulfonamides is 1. The molecular weight excluding hydrogens is 272 g/mol. The van der Waals surface area contributed by atoms with Crippen molar-refractivity contribution in [2.75, 3.05) is 12.3 Å². The highest BCUT2D eigenvalue weighted by molar-refractivity contribution is 8.00. The molecule has 0 bridgehead atoms. The van der Waals surface area contributed by atoms with E-state index in [-0.39, 0.29) is 11.6 Å². The molecule has 1 atom stereocenters. The van der Waals surface area contributed by atoms with Gasteiger partial charge >= 0.3 is 0 Å². The van der Waals surface area contributed by atoms with E-state index in [2.05, 4.69) is 4.72 Å². The maximum absolute atomic E-state index is 11.9. The minimum absolute atomic E-state index is 0.0521. The van der Waals surface area contributed by atoms with Crippen LogP contribution in [0.1, 0.15) is 25.0 Å². The number of thioether (sulfide) groups is 1. The molecule has 2 heterocycles. The van der Waals surface area contributed by atoms with E-state index in [1.165, 1.54) is 18.9 Å². The summed E-state index contributed by atoms with van der Waals surface area (Å²) in [6.07, 6.45) is 3.48. The van der Waals surface area contributed by atoms with Crippen molar-refractivity contribution in [2.45, 2.75) is 36.1 Å². The quantitative estimate of drug-likeness (QED) is 0.854. The van der Waals surface area contributed by atoms with E-state index >= 15 is 0 Å². The zero-order chi connectivity index (χ0) is 13.0. The summed E-state index contributed by atoms with van der Waals surface area (Å²) in [5.74, 6) is 1.59. The lowest BCUT2D eigenvalue weighted by Crippen LogP contribution is -2.31. The maximum Gasteiger partial charge on any atom is 0.273 e. The topological polar surface area (TPSA) is 85.3 Å². The standard InChI is InChI=1S/C11H18N2O3S2/c12-7-9-4-5-11(16-9)18(14,15)13-8-10-3-1-2-6-17-10/h4-5,10,13H,1-3,6-8,12H2. The molecule has 0 aliphatic carbocycles. The lowest BCUT2D eigenvalue weighted by atomic mass is 10.2. The summed E-state index contributed by atoms with van der Waals surface area (Å²) >= 11 is 1.83. The summed E-state index contributed by atoms with van der Waals surface area (Å²) in [4.78, 5) is 0. The third-order valence-electron chi connectivity index (χ3n) is 2.88. The molecule has 1 unspecified atom stereocenters. The monoisotopic (exact) mass is 290 g/mol. The Kier molecular flexibility index (Phi) is 4.71. The largest absolute Gasteiger partial charge is 0.447 e. The predicted octanol–water partition coefficient (Wildman–Crippen LogP) is 1.30. The van der Waals surface area contributed by atoms with Crippen molar-refractivity contribution in [3.63, 3.8) is 0 Å². The van der Waals surface area contributed by atoms with Crippen LogP contribution in [0.4, 0.5) is 0 Å². The van der Waals surface area contributed by atoms with Gasteiger partial charge in [0.2, 0.25) is 5.09 Å². The molecule has 1 aliphatic rings. The fourth-order valence-corrected chi connectivity index (χ4v) is 4.23. The Balaban J connectivity index is 1.94. The van der Waals surface area contributed by atoms with Gasteiger partial charge in [0.15, 0.2) is 0 Å². The minimum Gasteiger partial charge on any atom is -0.447 e. The third kappa shape index (κ3) is 3.50. The maximum atomic E-state index is 11.9. The Morgan fingerprint density at radius 1 is 1.44 bits per heavy atom. The van der Waals surface area contributed by atoms with Crippen LogP contribution in [0, 0.1) is 0 Å². The van der Waals surface area contributed by atoms with Crippen LogP contribution in [-0.2, 0) is 16.6 Å². The Morgan fingerprint density at radius 2 is 2.28 bits per heavy atom. The van der Waals surface area contributed by atoms with Crippen LogP contribution in [0.25, 0.3) is 0 Å². The first-order valence-corrected chi connectivity index (χ1v) is 8.55. The molecule has 0 spiro atoms. The molecule has 3 N–H and O–H groups in total. The van der Waals surface area contributed by atoms with E-state index in [0.717, 1.165) is 12.2 Å². The van der Waals surface area contributed by atoms with Crippen molar-refractivity contribution in [3.05, 3.63) is 17.9 Å². The zero-order valence-corrected chi connectivity index (χ0v) is 11.7. The average Bonchev–Trinajstić information content (AvgIpc) is 2.87. The highest BCUT2D eigenvalue weighted by Crippen LogP contribution is 2.24. The smallest absolute Gasteiger partial charge is 0.273 e. The fraction of sp³-hybridized carbons (Fsp3) is 0.636. The molecule has 0 aromatic carbocycles. The van der Waals surface area contributed by atoms with Gasteiger partial charge in [0.25, 0.3) is 10.0 Å². The lowest BCUT2D eigenvalue weighted by Gasteiger charge is -2.20. The van der Waals surface area contributed by atoms with Crippen LogP contribution in [-0.4, -0.2) is 26.0 Å². The second kappa shape index (κ2) is 6.10. The molecule has 1 aromatic rings. The van der Waals surface area contributed by atoms with E-state index in [9.17, 15) is 8.42 Å². The normalized spacial score (nSPS) is 21.1. The highest BCUT2D eigenvalue weighted by atomic mass is 32.2. The molecule has 1 aliphatic heterocycles. The van der Waals surface area contributed by atoms with Gasteiger partial charge < -0.3 is 10.2 Å². The SMILES string of the molecule is NCc1ccc(S(=O)(=O)NCC2CCCCS2)o1. The molecule has 0 amide bonds. The van der Waals surface area contributed by atoms with Crippen molar-refractivity contribution in [1.82, 2.24) is 4.72 Å². The summed E-state index contributed by atoms with van der Waals surface area (Å²) in [6.45, 7) is 0.666. The number of nitrogens with two attached hydrogens (primary N) is 1. The summed E-state index contributed by atoms with van der Waals surface area (Å²) in [7, 11) is -3.53. The third-order valence-corrected chi connectivity index (χ3v) is 5.57. The Bertz CT molecular complexity index is 478. The Hall–Kier alpha value is -0.500. The Morgan fingerprint density at radius 3 is 2.89 bits per heavy atom. The lowest BCUT2D eigenvalue weighted by molar-refractivity contribution is 0.412. The molecule has 0 radical (unpaired) electrons. The minimum atomic E-state index is -3.53. The van der Waals surface area contributed by atoms with Crippen LogP contribution in [0.2, 0.25) is 0 Å². The van der Waals surface area contributed by atoms with E-state index in [1.807, 2.05) is 11.8 Å². The van der Waals surface area contributed by atoms with E-state index in [1.54, 1.807) is 6.07 Å². The van der Waals surface area contributed by atoms with E-state index in [0.29, 0.717) is 17.6 Å². The molecule has 1 aromatic heterocycles. The van der Waals surface area contributed by atoms with Gasteiger partial charge in [0.05, 0.1) is 6.54 Å². The summed E-state index contributed by atoms with van der Waals surface area (Å²) in [5.41, 5.74) is 5.38. The number of furan rings is 1. The number of rotatable bonds is 5. The molecule has 7 heteroatoms. The first kappa shape index (κ1) is 13.9. The molecule has 2 rings (SSSR count). The summed E-state index contributed by atoms with van der Waals surface area (Å²) in [5, 5.41) is 0.321. The van der Waals surface area contributed by atoms with E-state index in [4.69, 9.17) is 10.2 Å². The van der Waals surface area contributed by atoms with Gasteiger partial charge in [-0.25, -0.2) is 13.1 Å². The van der Waals surface area contributed by atoms with Crippen molar-refractivity contribution in [1.29, 1.82) is 0 Å². The van der Waals surface area contributed by atoms with Crippen LogP contribution in [0.5, 0.6) is 0 Å². The second-order valence-corrected chi connectivity index (χ2v) is 7.37. The second-order valence-electron chi connectivity index (χ2n) is 4.27. The Labute approximate surface area is 112 Å². The molecule has 5 nitrogen and oxygen atoms in total. The summed E-state index contributed by atoms with van der Waals surface area (Å²) < 4.78 is 31.7. The van der Waals surface area contributed by atoms with Gasteiger partial charge in [-0.15, -0.1) is 0 Å². The van der Waals surface area contributed by atoms with Gasteiger partial charge in [-0.05, 0) is 30.7 Å². The van der Waals surface area contributed by atoms with Crippen molar-refractivity contribution >= 4 is 21.8 Å². The molecule has 1 saturated heterocycles. The van der Waals surface area contributed by atoms with Gasteiger partial charge in [-0.1, -0.05) is 6.42 Å². The van der Waals surface area contributed by atoms with Crippen molar-refractivity contribution in [3.8, 4) is 0 Å². The van der Waals surface area contributed by atoms with E-state index < -0.39 is 10.0 Å². The molecule has 18 heavy (non-hydrogen) atoms. The molecule has 1 fully saturated rings. The van der Waals surface area contributed by atoms with Crippen LogP contribution in [0.15, 0.2) is 21.6 Å². The average molecular weight is 290 g/mol. The van der Waals surface area contributed by atoms with Gasteiger partial charge in [-0.2, -0.15) is 11.8 Å². The van der Waals surface area contributed by atoms with Gasteiger partial charge in [0.1, 0.15) is 5.76 Å². The molecular formula is C11H18N2O3S2. The first-order chi connectivity index (χ1) is 8.62. The summed E-state index contributed by atoms with van der Waals surface area (Å²) in [6, 6.07) is 3.03. The number of nitrogens with one attached hydrogen (secondary N) is 1. The highest BCUT2D eigenvalue weighted by Gasteiger charge is 2.21. The van der Waals surface area contributed by atoms with Crippen molar-refractivity contribution in [2.24, 2.45) is 5.73 Å². The van der Waals surface area contributed by atoms with Gasteiger partial charge in [0, 0.05) is 11.8 Å². The zero-order valence-electron chi connectivity index (χ0n) is 10.1. The number of hydrogen-bond acceptors (Lipinski definition) is 5. The molecule has 102 valence electrons.